The molecular weight excluding hydrogens is 438 g/mol. The third-order valence-corrected chi connectivity index (χ3v) is 6.02. The predicted molar refractivity (Wildman–Crippen MR) is 132 cm³/mol. The average molecular weight is 470 g/mol. The Bertz CT molecular complexity index is 1040. The molecule has 0 heterocycles. The lowest BCUT2D eigenvalue weighted by Crippen LogP contribution is -2.32. The van der Waals surface area contributed by atoms with Gasteiger partial charge in [-0.25, -0.2) is 0 Å². The fraction of sp³-hybridized carbons (Fsp3) is 0.333. The molecule has 0 aromatic heterocycles. The molecule has 3 aromatic rings. The zero-order valence-electron chi connectivity index (χ0n) is 19.6. The first-order valence-electron chi connectivity index (χ1n) is 11.0. The van der Waals surface area contributed by atoms with E-state index < -0.39 is 6.10 Å². The van der Waals surface area contributed by atoms with Gasteiger partial charge in [-0.3, -0.25) is 4.90 Å². The molecule has 3 aromatic carbocycles. The van der Waals surface area contributed by atoms with Gasteiger partial charge in [0.1, 0.15) is 5.75 Å². The zero-order valence-corrected chi connectivity index (χ0v) is 20.4. The molecule has 33 heavy (non-hydrogen) atoms. The Labute approximate surface area is 201 Å². The second-order valence-electron chi connectivity index (χ2n) is 7.89. The summed E-state index contributed by atoms with van der Waals surface area (Å²) >= 11 is 6.17. The SMILES string of the molecule is CC[C@H](c1ccc(OC)c(OC)c1)N(Cc1cccc(OC)c1)CC(O)c1cccc(Cl)c1. The predicted octanol–water partition coefficient (Wildman–Crippen LogP) is 6.05. The smallest absolute Gasteiger partial charge is 0.161 e. The van der Waals surface area contributed by atoms with E-state index in [0.717, 1.165) is 28.9 Å². The number of ether oxygens (including phenoxy) is 3. The Morgan fingerprint density at radius 2 is 1.61 bits per heavy atom. The van der Waals surface area contributed by atoms with Crippen LogP contribution in [0.25, 0.3) is 0 Å². The number of methoxy groups -OCH3 is 3. The highest BCUT2D eigenvalue weighted by Crippen LogP contribution is 2.35. The highest BCUT2D eigenvalue weighted by atomic mass is 35.5. The summed E-state index contributed by atoms with van der Waals surface area (Å²) in [5.41, 5.74) is 2.99. The Kier molecular flexibility index (Phi) is 9.01. The molecule has 0 aliphatic rings. The van der Waals surface area contributed by atoms with Crippen LogP contribution in [-0.2, 0) is 6.54 Å². The van der Waals surface area contributed by atoms with E-state index in [1.165, 1.54) is 0 Å². The van der Waals surface area contributed by atoms with Gasteiger partial charge in [-0.15, -0.1) is 0 Å². The number of rotatable bonds is 11. The molecular formula is C27H32ClNO4. The summed E-state index contributed by atoms with van der Waals surface area (Å²) in [5, 5.41) is 11.7. The van der Waals surface area contributed by atoms with Crippen LogP contribution in [0.1, 0.15) is 42.2 Å². The van der Waals surface area contributed by atoms with Crippen molar-refractivity contribution >= 4 is 11.6 Å². The Balaban J connectivity index is 1.96. The van der Waals surface area contributed by atoms with Crippen LogP contribution in [0.4, 0.5) is 0 Å². The average Bonchev–Trinajstić information content (AvgIpc) is 2.84. The number of nitrogens with zero attached hydrogens (tertiary/aromatic N) is 1. The van der Waals surface area contributed by atoms with Crippen molar-refractivity contribution in [3.05, 3.63) is 88.4 Å². The molecule has 0 aliphatic heterocycles. The maximum atomic E-state index is 11.1. The van der Waals surface area contributed by atoms with E-state index in [-0.39, 0.29) is 6.04 Å². The van der Waals surface area contributed by atoms with Crippen LogP contribution in [-0.4, -0.2) is 37.9 Å². The molecule has 0 aliphatic carbocycles. The first-order valence-corrected chi connectivity index (χ1v) is 11.4. The van der Waals surface area contributed by atoms with Gasteiger partial charge in [0.2, 0.25) is 0 Å². The third kappa shape index (κ3) is 6.41. The van der Waals surface area contributed by atoms with Gasteiger partial charge < -0.3 is 19.3 Å². The van der Waals surface area contributed by atoms with Gasteiger partial charge in [0.25, 0.3) is 0 Å². The van der Waals surface area contributed by atoms with Gasteiger partial charge in [0.15, 0.2) is 11.5 Å². The molecule has 0 bridgehead atoms. The van der Waals surface area contributed by atoms with Crippen LogP contribution < -0.4 is 14.2 Å². The molecule has 0 saturated heterocycles. The quantitative estimate of drug-likeness (QED) is 0.370. The lowest BCUT2D eigenvalue weighted by molar-refractivity contribution is 0.0790. The number of benzene rings is 3. The van der Waals surface area contributed by atoms with Gasteiger partial charge >= 0.3 is 0 Å². The van der Waals surface area contributed by atoms with Crippen LogP contribution in [0.5, 0.6) is 17.2 Å². The molecule has 2 atom stereocenters. The van der Waals surface area contributed by atoms with Crippen LogP contribution in [0, 0.1) is 0 Å². The van der Waals surface area contributed by atoms with Crippen molar-refractivity contribution in [1.29, 1.82) is 0 Å². The van der Waals surface area contributed by atoms with Crippen molar-refractivity contribution in [2.75, 3.05) is 27.9 Å². The van der Waals surface area contributed by atoms with Crippen molar-refractivity contribution in [2.45, 2.75) is 32.0 Å². The minimum absolute atomic E-state index is 0.0461. The minimum atomic E-state index is -0.691. The standard InChI is InChI=1S/C27H32ClNO4/c1-5-24(20-12-13-26(32-3)27(16-20)33-4)29(17-19-8-6-11-23(14-19)31-2)18-25(30)21-9-7-10-22(28)15-21/h6-16,24-25,30H,5,17-18H2,1-4H3/t24-,25?/m1/s1. The zero-order chi connectivity index (χ0) is 23.8. The van der Waals surface area contributed by atoms with Crippen molar-refractivity contribution in [3.8, 4) is 17.2 Å². The molecule has 3 rings (SSSR count). The first kappa shape index (κ1) is 24.9. The van der Waals surface area contributed by atoms with E-state index in [4.69, 9.17) is 25.8 Å². The number of hydrogen-bond donors (Lipinski definition) is 1. The molecule has 0 amide bonds. The number of halogens is 1. The molecule has 0 spiro atoms. The number of aliphatic hydroxyl groups excluding tert-OH is 1. The number of hydrogen-bond acceptors (Lipinski definition) is 5. The number of aliphatic hydroxyl groups is 1. The fourth-order valence-corrected chi connectivity index (χ4v) is 4.31. The summed E-state index contributed by atoms with van der Waals surface area (Å²) < 4.78 is 16.4. The maximum Gasteiger partial charge on any atom is 0.161 e. The van der Waals surface area contributed by atoms with Gasteiger partial charge in [0.05, 0.1) is 27.4 Å². The molecule has 0 radical (unpaired) electrons. The van der Waals surface area contributed by atoms with E-state index in [9.17, 15) is 5.11 Å². The van der Waals surface area contributed by atoms with Crippen molar-refractivity contribution < 1.29 is 19.3 Å². The second-order valence-corrected chi connectivity index (χ2v) is 8.33. The van der Waals surface area contributed by atoms with E-state index in [1.54, 1.807) is 21.3 Å². The van der Waals surface area contributed by atoms with Crippen LogP contribution in [0.2, 0.25) is 5.02 Å². The van der Waals surface area contributed by atoms with Crippen molar-refractivity contribution in [3.63, 3.8) is 0 Å². The molecule has 1 N–H and O–H groups in total. The van der Waals surface area contributed by atoms with Crippen molar-refractivity contribution in [2.24, 2.45) is 0 Å². The largest absolute Gasteiger partial charge is 0.497 e. The molecule has 176 valence electrons. The van der Waals surface area contributed by atoms with Gasteiger partial charge in [-0.1, -0.05) is 48.9 Å². The van der Waals surface area contributed by atoms with Crippen molar-refractivity contribution in [1.82, 2.24) is 4.90 Å². The van der Waals surface area contributed by atoms with Crippen LogP contribution >= 0.6 is 11.6 Å². The summed E-state index contributed by atoms with van der Waals surface area (Å²) in [6.07, 6.45) is 0.158. The van der Waals surface area contributed by atoms with Crippen LogP contribution in [0.15, 0.2) is 66.7 Å². The van der Waals surface area contributed by atoms with E-state index >= 15 is 0 Å². The van der Waals surface area contributed by atoms with E-state index in [1.807, 2.05) is 54.6 Å². The van der Waals surface area contributed by atoms with E-state index in [0.29, 0.717) is 29.6 Å². The lowest BCUT2D eigenvalue weighted by Gasteiger charge is -2.33. The second kappa shape index (κ2) is 11.9. The Morgan fingerprint density at radius 3 is 2.27 bits per heavy atom. The molecule has 6 heteroatoms. The maximum absolute atomic E-state index is 11.1. The normalized spacial score (nSPS) is 12.9. The van der Waals surface area contributed by atoms with Gasteiger partial charge in [-0.05, 0) is 59.5 Å². The summed E-state index contributed by atoms with van der Waals surface area (Å²) in [5.74, 6) is 2.18. The Morgan fingerprint density at radius 1 is 0.848 bits per heavy atom. The van der Waals surface area contributed by atoms with Crippen LogP contribution in [0.3, 0.4) is 0 Å². The van der Waals surface area contributed by atoms with Gasteiger partial charge in [-0.2, -0.15) is 0 Å². The highest BCUT2D eigenvalue weighted by molar-refractivity contribution is 6.30. The van der Waals surface area contributed by atoms with Gasteiger partial charge in [0, 0.05) is 24.2 Å². The lowest BCUT2D eigenvalue weighted by atomic mass is 9.99. The minimum Gasteiger partial charge on any atom is -0.497 e. The summed E-state index contributed by atoms with van der Waals surface area (Å²) in [6.45, 7) is 3.22. The summed E-state index contributed by atoms with van der Waals surface area (Å²) in [7, 11) is 4.93. The summed E-state index contributed by atoms with van der Waals surface area (Å²) in [4.78, 5) is 2.28. The molecule has 1 unspecified atom stereocenters. The fourth-order valence-electron chi connectivity index (χ4n) is 4.11. The highest BCUT2D eigenvalue weighted by Gasteiger charge is 2.24. The molecule has 0 fully saturated rings. The van der Waals surface area contributed by atoms with E-state index in [2.05, 4.69) is 24.0 Å². The monoisotopic (exact) mass is 469 g/mol. The molecule has 0 saturated carbocycles. The Hall–Kier alpha value is -2.73. The molecule has 5 nitrogen and oxygen atoms in total. The third-order valence-electron chi connectivity index (χ3n) is 5.78. The topological polar surface area (TPSA) is 51.2 Å². The first-order chi connectivity index (χ1) is 16.0. The summed E-state index contributed by atoms with van der Waals surface area (Å²) in [6, 6.07) is 21.4.